The Kier molecular flexibility index (Phi) is 7.39. The fraction of sp³-hybridized carbons (Fsp3) is 0.478. The fourth-order valence-corrected chi connectivity index (χ4v) is 4.14. The molecule has 1 N–H and O–H groups in total. The standard InChI is InChI=1S/C23H25F6NO2/c1-32-21-5-3-2-4-19(21)20(30-10-8-18(31)9-11-30)7-6-15-12-16(22(24,25)26)14-17(13-15)23(27,28)29/h2-5,12-14,18,20,31H,6-11H2,1H3. The third-order valence-corrected chi connectivity index (χ3v) is 5.79. The number of nitrogens with zero attached hydrogens (tertiary/aromatic N) is 1. The molecule has 1 atom stereocenters. The van der Waals surface area contributed by atoms with Crippen molar-refractivity contribution in [3.05, 3.63) is 64.7 Å². The highest BCUT2D eigenvalue weighted by Gasteiger charge is 2.37. The second kappa shape index (κ2) is 9.70. The van der Waals surface area contributed by atoms with Crippen molar-refractivity contribution < 1.29 is 36.2 Å². The lowest BCUT2D eigenvalue weighted by Gasteiger charge is -2.37. The number of ether oxygens (including phenoxy) is 1. The Bertz CT molecular complexity index is 872. The van der Waals surface area contributed by atoms with E-state index >= 15 is 0 Å². The minimum absolute atomic E-state index is 0.0226. The van der Waals surface area contributed by atoms with Crippen molar-refractivity contribution in [2.75, 3.05) is 20.2 Å². The van der Waals surface area contributed by atoms with Crippen LogP contribution in [-0.4, -0.2) is 36.3 Å². The van der Waals surface area contributed by atoms with Gasteiger partial charge in [-0.15, -0.1) is 0 Å². The van der Waals surface area contributed by atoms with E-state index in [1.807, 2.05) is 12.1 Å². The van der Waals surface area contributed by atoms with E-state index in [2.05, 4.69) is 4.90 Å². The third kappa shape index (κ3) is 5.95. The van der Waals surface area contributed by atoms with E-state index in [9.17, 15) is 31.4 Å². The van der Waals surface area contributed by atoms with Gasteiger partial charge >= 0.3 is 12.4 Å². The molecule has 1 unspecified atom stereocenters. The van der Waals surface area contributed by atoms with Gasteiger partial charge in [-0.3, -0.25) is 4.90 Å². The molecule has 9 heteroatoms. The van der Waals surface area contributed by atoms with Crippen LogP contribution in [0, 0.1) is 0 Å². The predicted molar refractivity (Wildman–Crippen MR) is 107 cm³/mol. The molecule has 0 bridgehead atoms. The molecule has 2 aromatic carbocycles. The maximum Gasteiger partial charge on any atom is 0.416 e. The molecule has 1 fully saturated rings. The van der Waals surface area contributed by atoms with Crippen molar-refractivity contribution in [3.63, 3.8) is 0 Å². The summed E-state index contributed by atoms with van der Waals surface area (Å²) in [5.41, 5.74) is -1.83. The molecule has 0 radical (unpaired) electrons. The van der Waals surface area contributed by atoms with Gasteiger partial charge in [0.05, 0.1) is 24.3 Å². The summed E-state index contributed by atoms with van der Waals surface area (Å²) in [5, 5.41) is 9.84. The van der Waals surface area contributed by atoms with Gasteiger partial charge in [-0.25, -0.2) is 0 Å². The van der Waals surface area contributed by atoms with Gasteiger partial charge in [-0.2, -0.15) is 26.3 Å². The predicted octanol–water partition coefficient (Wildman–Crippen LogP) is 5.86. The molecule has 32 heavy (non-hydrogen) atoms. The average molecular weight is 461 g/mol. The molecule has 0 aliphatic carbocycles. The van der Waals surface area contributed by atoms with Crippen LogP contribution in [-0.2, 0) is 18.8 Å². The quantitative estimate of drug-likeness (QED) is 0.547. The second-order valence-corrected chi connectivity index (χ2v) is 7.98. The Morgan fingerprint density at radius 3 is 2.06 bits per heavy atom. The highest BCUT2D eigenvalue weighted by atomic mass is 19.4. The number of hydrogen-bond acceptors (Lipinski definition) is 3. The fourth-order valence-electron chi connectivity index (χ4n) is 4.14. The van der Waals surface area contributed by atoms with Crippen molar-refractivity contribution in [2.45, 2.75) is 50.2 Å². The summed E-state index contributed by atoms with van der Waals surface area (Å²) < 4.78 is 84.7. The number of rotatable bonds is 6. The normalized spacial score (nSPS) is 17.4. The summed E-state index contributed by atoms with van der Waals surface area (Å²) >= 11 is 0. The molecule has 3 nitrogen and oxygen atoms in total. The van der Waals surface area contributed by atoms with E-state index in [-0.39, 0.29) is 24.1 Å². The Hall–Kier alpha value is -2.26. The molecule has 0 aromatic heterocycles. The highest BCUT2D eigenvalue weighted by Crippen LogP contribution is 2.38. The maximum atomic E-state index is 13.2. The Labute approximate surface area is 182 Å². The van der Waals surface area contributed by atoms with Crippen LogP contribution in [0.25, 0.3) is 0 Å². The number of halogens is 6. The lowest BCUT2D eigenvalue weighted by molar-refractivity contribution is -0.143. The minimum atomic E-state index is -4.87. The summed E-state index contributed by atoms with van der Waals surface area (Å²) in [4.78, 5) is 2.10. The van der Waals surface area contributed by atoms with Gasteiger partial charge in [0.2, 0.25) is 0 Å². The summed E-state index contributed by atoms with van der Waals surface area (Å²) in [7, 11) is 1.51. The first kappa shape index (κ1) is 24.4. The van der Waals surface area contributed by atoms with Crippen LogP contribution in [0.5, 0.6) is 5.75 Å². The van der Waals surface area contributed by atoms with Crippen LogP contribution in [0.1, 0.15) is 47.6 Å². The van der Waals surface area contributed by atoms with Crippen molar-refractivity contribution in [1.29, 1.82) is 0 Å². The van der Waals surface area contributed by atoms with E-state index in [0.717, 1.165) is 17.7 Å². The number of aliphatic hydroxyl groups is 1. The van der Waals surface area contributed by atoms with Crippen LogP contribution in [0.4, 0.5) is 26.3 Å². The smallest absolute Gasteiger partial charge is 0.416 e. The first-order valence-electron chi connectivity index (χ1n) is 10.3. The maximum absolute atomic E-state index is 13.2. The van der Waals surface area contributed by atoms with Crippen LogP contribution in [0.3, 0.4) is 0 Å². The topological polar surface area (TPSA) is 32.7 Å². The number of benzene rings is 2. The van der Waals surface area contributed by atoms with E-state index < -0.39 is 29.6 Å². The average Bonchev–Trinajstić information content (AvgIpc) is 2.74. The van der Waals surface area contributed by atoms with Crippen LogP contribution in [0.2, 0.25) is 0 Å². The van der Waals surface area contributed by atoms with Crippen molar-refractivity contribution >= 4 is 0 Å². The second-order valence-electron chi connectivity index (χ2n) is 7.98. The molecular weight excluding hydrogens is 436 g/mol. The minimum Gasteiger partial charge on any atom is -0.496 e. The van der Waals surface area contributed by atoms with Crippen LogP contribution in [0.15, 0.2) is 42.5 Å². The number of likely N-dealkylation sites (tertiary alicyclic amines) is 1. The Balaban J connectivity index is 1.92. The SMILES string of the molecule is COc1ccccc1C(CCc1cc(C(F)(F)F)cc(C(F)(F)F)c1)N1CCC(O)CC1. The van der Waals surface area contributed by atoms with Gasteiger partial charge < -0.3 is 9.84 Å². The van der Waals surface area contributed by atoms with Crippen molar-refractivity contribution in [2.24, 2.45) is 0 Å². The zero-order chi connectivity index (χ0) is 23.5. The van der Waals surface area contributed by atoms with Gasteiger partial charge in [-0.05, 0) is 55.5 Å². The highest BCUT2D eigenvalue weighted by molar-refractivity contribution is 5.37. The van der Waals surface area contributed by atoms with E-state index in [1.165, 1.54) is 7.11 Å². The first-order valence-corrected chi connectivity index (χ1v) is 10.3. The van der Waals surface area contributed by atoms with E-state index in [4.69, 9.17) is 4.74 Å². The zero-order valence-corrected chi connectivity index (χ0v) is 17.5. The Morgan fingerprint density at radius 1 is 0.969 bits per heavy atom. The summed E-state index contributed by atoms with van der Waals surface area (Å²) in [6.07, 6.45) is -8.74. The number of hydrogen-bond donors (Lipinski definition) is 1. The summed E-state index contributed by atoms with van der Waals surface area (Å²) in [5.74, 6) is 0.601. The molecule has 176 valence electrons. The summed E-state index contributed by atoms with van der Waals surface area (Å²) in [6, 6.07) is 8.67. The molecule has 1 aliphatic rings. The molecule has 1 aliphatic heterocycles. The van der Waals surface area contributed by atoms with Gasteiger partial charge in [0, 0.05) is 24.7 Å². The third-order valence-electron chi connectivity index (χ3n) is 5.79. The molecule has 3 rings (SSSR count). The molecule has 1 saturated heterocycles. The Morgan fingerprint density at radius 2 is 1.53 bits per heavy atom. The first-order chi connectivity index (χ1) is 15.0. The van der Waals surface area contributed by atoms with Gasteiger partial charge in [-0.1, -0.05) is 18.2 Å². The molecule has 0 amide bonds. The van der Waals surface area contributed by atoms with Crippen LogP contribution < -0.4 is 4.74 Å². The number of methoxy groups -OCH3 is 1. The van der Waals surface area contributed by atoms with Gasteiger partial charge in [0.1, 0.15) is 5.75 Å². The van der Waals surface area contributed by atoms with Gasteiger partial charge in [0.15, 0.2) is 0 Å². The lowest BCUT2D eigenvalue weighted by atomic mass is 9.93. The monoisotopic (exact) mass is 461 g/mol. The van der Waals surface area contributed by atoms with Crippen molar-refractivity contribution in [1.82, 2.24) is 4.90 Å². The molecular formula is C23H25F6NO2. The largest absolute Gasteiger partial charge is 0.496 e. The molecule has 0 spiro atoms. The molecule has 1 heterocycles. The van der Waals surface area contributed by atoms with Gasteiger partial charge in [0.25, 0.3) is 0 Å². The van der Waals surface area contributed by atoms with Crippen LogP contribution >= 0.6 is 0 Å². The van der Waals surface area contributed by atoms with E-state index in [1.54, 1.807) is 12.1 Å². The lowest BCUT2D eigenvalue weighted by Crippen LogP contribution is -2.38. The molecule has 2 aromatic rings. The molecule has 0 saturated carbocycles. The number of alkyl halides is 6. The van der Waals surface area contributed by atoms with Crippen molar-refractivity contribution in [3.8, 4) is 5.75 Å². The number of piperidine rings is 1. The number of para-hydroxylation sites is 1. The summed E-state index contributed by atoms with van der Waals surface area (Å²) in [6.45, 7) is 1.14. The number of aryl methyl sites for hydroxylation is 1. The van der Waals surface area contributed by atoms with E-state index in [0.29, 0.717) is 38.1 Å². The zero-order valence-electron chi connectivity index (χ0n) is 17.5. The number of aliphatic hydroxyl groups excluding tert-OH is 1.